The highest BCUT2D eigenvalue weighted by Gasteiger charge is 2.13. The summed E-state index contributed by atoms with van der Waals surface area (Å²) in [6.07, 6.45) is 0. The first-order valence-corrected chi connectivity index (χ1v) is 7.85. The maximum absolute atomic E-state index is 11.4. The van der Waals surface area contributed by atoms with Gasteiger partial charge in [0.05, 0.1) is 15.8 Å². The minimum Gasteiger partial charge on any atom is -0.478 e. The van der Waals surface area contributed by atoms with Crippen LogP contribution in [0.25, 0.3) is 10.9 Å². The summed E-state index contributed by atoms with van der Waals surface area (Å²) in [6.45, 7) is 0.544. The lowest BCUT2D eigenvalue weighted by Gasteiger charge is -2.09. The minimum absolute atomic E-state index is 0.185. The van der Waals surface area contributed by atoms with E-state index in [2.05, 4.69) is 26.2 Å². The van der Waals surface area contributed by atoms with Crippen LogP contribution < -0.4 is 5.32 Å². The first kappa shape index (κ1) is 14.0. The minimum atomic E-state index is -0.983. The van der Waals surface area contributed by atoms with E-state index in [-0.39, 0.29) is 5.56 Å². The highest BCUT2D eigenvalue weighted by atomic mass is 79.9. The van der Waals surface area contributed by atoms with Crippen LogP contribution in [-0.4, -0.2) is 16.1 Å². The van der Waals surface area contributed by atoms with E-state index in [4.69, 9.17) is 0 Å². The second-order valence-corrected chi connectivity index (χ2v) is 6.99. The summed E-state index contributed by atoms with van der Waals surface area (Å²) >= 11 is 5.01. The highest BCUT2D eigenvalue weighted by Crippen LogP contribution is 2.24. The number of thiophene rings is 1. The van der Waals surface area contributed by atoms with Gasteiger partial charge >= 0.3 is 5.97 Å². The van der Waals surface area contributed by atoms with Crippen molar-refractivity contribution in [2.24, 2.45) is 0 Å². The number of fused-ring (bicyclic) bond motifs is 1. The van der Waals surface area contributed by atoms with Gasteiger partial charge in [0.25, 0.3) is 0 Å². The van der Waals surface area contributed by atoms with Gasteiger partial charge in [-0.3, -0.25) is 0 Å². The first-order chi connectivity index (χ1) is 10.1. The van der Waals surface area contributed by atoms with Gasteiger partial charge < -0.3 is 10.4 Å². The van der Waals surface area contributed by atoms with Crippen molar-refractivity contribution in [2.45, 2.75) is 6.54 Å². The summed E-state index contributed by atoms with van der Waals surface area (Å²) in [5, 5.41) is 13.3. The second kappa shape index (κ2) is 5.83. The molecule has 0 atom stereocenters. The lowest BCUT2D eigenvalue weighted by atomic mass is 10.1. The molecule has 0 saturated heterocycles. The van der Waals surface area contributed by atoms with Crippen LogP contribution in [0.2, 0.25) is 0 Å². The lowest BCUT2D eigenvalue weighted by Crippen LogP contribution is -2.08. The van der Waals surface area contributed by atoms with E-state index in [1.165, 1.54) is 0 Å². The number of pyridine rings is 1. The average molecular weight is 363 g/mol. The molecule has 0 spiro atoms. The summed E-state index contributed by atoms with van der Waals surface area (Å²) < 4.78 is 1.05. The van der Waals surface area contributed by atoms with Crippen LogP contribution in [0, 0.1) is 0 Å². The fourth-order valence-electron chi connectivity index (χ4n) is 2.03. The molecule has 0 aliphatic carbocycles. The Morgan fingerprint density at radius 3 is 2.81 bits per heavy atom. The quantitative estimate of drug-likeness (QED) is 0.723. The molecule has 0 radical (unpaired) electrons. The summed E-state index contributed by atoms with van der Waals surface area (Å²) in [6, 6.07) is 13.1. The molecule has 2 heterocycles. The van der Waals surface area contributed by atoms with Crippen molar-refractivity contribution < 1.29 is 9.90 Å². The lowest BCUT2D eigenvalue weighted by molar-refractivity contribution is 0.0697. The number of carboxylic acid groups (broad SMARTS) is 1. The topological polar surface area (TPSA) is 62.2 Å². The normalized spacial score (nSPS) is 10.7. The Morgan fingerprint density at radius 1 is 1.29 bits per heavy atom. The molecule has 2 N–H and O–H groups in total. The van der Waals surface area contributed by atoms with E-state index in [9.17, 15) is 9.90 Å². The zero-order valence-electron chi connectivity index (χ0n) is 10.8. The molecule has 0 unspecified atom stereocenters. The van der Waals surface area contributed by atoms with Crippen molar-refractivity contribution in [2.75, 3.05) is 5.32 Å². The van der Waals surface area contributed by atoms with E-state index >= 15 is 0 Å². The number of carboxylic acids is 1. The maximum atomic E-state index is 11.4. The predicted molar refractivity (Wildman–Crippen MR) is 88.0 cm³/mol. The molecule has 2 aromatic heterocycles. The molecule has 3 rings (SSSR count). The number of carbonyl (C=O) groups is 1. The van der Waals surface area contributed by atoms with Crippen molar-refractivity contribution in [3.8, 4) is 0 Å². The molecule has 0 bridgehead atoms. The van der Waals surface area contributed by atoms with E-state index in [0.717, 1.165) is 19.6 Å². The summed E-state index contributed by atoms with van der Waals surface area (Å²) in [5.74, 6) is -0.589. The largest absolute Gasteiger partial charge is 0.478 e. The molecular formula is C15H11BrN2O2S. The second-order valence-electron chi connectivity index (χ2n) is 4.44. The van der Waals surface area contributed by atoms with Gasteiger partial charge in [0.2, 0.25) is 0 Å². The first-order valence-electron chi connectivity index (χ1n) is 6.24. The van der Waals surface area contributed by atoms with Crippen LogP contribution in [0.5, 0.6) is 0 Å². The van der Waals surface area contributed by atoms with Gasteiger partial charge in [0, 0.05) is 10.3 Å². The predicted octanol–water partition coefficient (Wildman–Crippen LogP) is 4.37. The number of benzene rings is 1. The molecule has 0 aliphatic heterocycles. The zero-order chi connectivity index (χ0) is 14.8. The molecule has 106 valence electrons. The number of nitrogens with one attached hydrogen (secondary N) is 1. The van der Waals surface area contributed by atoms with Crippen molar-refractivity contribution in [1.82, 2.24) is 4.98 Å². The smallest absolute Gasteiger partial charge is 0.339 e. The number of anilines is 1. The van der Waals surface area contributed by atoms with E-state index in [1.54, 1.807) is 17.4 Å². The number of hydrogen-bond acceptors (Lipinski definition) is 4. The Kier molecular flexibility index (Phi) is 3.90. The Morgan fingerprint density at radius 2 is 2.10 bits per heavy atom. The number of aromatic nitrogens is 1. The number of hydrogen-bond donors (Lipinski definition) is 2. The molecule has 4 nitrogen and oxygen atoms in total. The molecule has 1 aromatic carbocycles. The van der Waals surface area contributed by atoms with Crippen molar-refractivity contribution in [1.29, 1.82) is 0 Å². The molecule has 0 fully saturated rings. The van der Waals surface area contributed by atoms with E-state index in [0.29, 0.717) is 12.4 Å². The fraction of sp³-hybridized carbons (Fsp3) is 0.0667. The highest BCUT2D eigenvalue weighted by molar-refractivity contribution is 9.11. The zero-order valence-corrected chi connectivity index (χ0v) is 13.2. The Balaban J connectivity index is 1.95. The van der Waals surface area contributed by atoms with Crippen molar-refractivity contribution >= 4 is 50.0 Å². The Bertz CT molecular complexity index is 816. The summed E-state index contributed by atoms with van der Waals surface area (Å²) in [4.78, 5) is 16.9. The average Bonchev–Trinajstić information content (AvgIpc) is 2.89. The third kappa shape index (κ3) is 3.06. The van der Waals surface area contributed by atoms with Crippen molar-refractivity contribution in [3.05, 3.63) is 56.7 Å². The molecule has 6 heteroatoms. The van der Waals surface area contributed by atoms with Crippen molar-refractivity contribution in [3.63, 3.8) is 0 Å². The number of nitrogens with zero attached hydrogens (tertiary/aromatic N) is 1. The van der Waals surface area contributed by atoms with Crippen LogP contribution in [0.15, 0.2) is 46.3 Å². The number of halogens is 1. The number of aromatic carboxylic acids is 1. The van der Waals surface area contributed by atoms with E-state index in [1.807, 2.05) is 36.4 Å². The summed E-state index contributed by atoms with van der Waals surface area (Å²) in [7, 11) is 0. The fourth-order valence-corrected chi connectivity index (χ4v) is 3.45. The SMILES string of the molecule is O=C(O)c1cc2ccccc2nc1NCc1ccc(Br)s1. The maximum Gasteiger partial charge on any atom is 0.339 e. The van der Waals surface area contributed by atoms with Gasteiger partial charge in [0.15, 0.2) is 0 Å². The van der Waals surface area contributed by atoms with E-state index < -0.39 is 5.97 Å². The van der Waals surface area contributed by atoms with Gasteiger partial charge in [-0.1, -0.05) is 18.2 Å². The van der Waals surface area contributed by atoms with Gasteiger partial charge in [-0.15, -0.1) is 11.3 Å². The number of para-hydroxylation sites is 1. The monoisotopic (exact) mass is 362 g/mol. The molecule has 21 heavy (non-hydrogen) atoms. The Hall–Kier alpha value is -1.92. The third-order valence-electron chi connectivity index (χ3n) is 3.01. The standard InChI is InChI=1S/C15H11BrN2O2S/c16-13-6-5-10(21-13)8-17-14-11(15(19)20)7-9-3-1-2-4-12(9)18-14/h1-7H,8H2,(H,17,18)(H,19,20). The van der Waals surface area contributed by atoms with Crippen LogP contribution in [0.1, 0.15) is 15.2 Å². The van der Waals surface area contributed by atoms with Gasteiger partial charge in [-0.05, 0) is 40.2 Å². The third-order valence-corrected chi connectivity index (χ3v) is 4.64. The molecule has 0 aliphatic rings. The molecular weight excluding hydrogens is 352 g/mol. The van der Waals surface area contributed by atoms with Crippen LogP contribution >= 0.6 is 27.3 Å². The van der Waals surface area contributed by atoms with Gasteiger partial charge in [-0.2, -0.15) is 0 Å². The van der Waals surface area contributed by atoms with Crippen LogP contribution in [-0.2, 0) is 6.54 Å². The summed E-state index contributed by atoms with van der Waals surface area (Å²) in [5.41, 5.74) is 0.960. The van der Waals surface area contributed by atoms with Crippen LogP contribution in [0.3, 0.4) is 0 Å². The molecule has 0 amide bonds. The Labute approximate surface area is 133 Å². The van der Waals surface area contributed by atoms with Gasteiger partial charge in [0.1, 0.15) is 11.4 Å². The van der Waals surface area contributed by atoms with Crippen LogP contribution in [0.4, 0.5) is 5.82 Å². The molecule has 3 aromatic rings. The number of rotatable bonds is 4. The van der Waals surface area contributed by atoms with Gasteiger partial charge in [-0.25, -0.2) is 9.78 Å². The molecule has 0 saturated carbocycles.